The number of hydrogen-bond acceptors (Lipinski definition) is 4. The molecule has 0 aliphatic carbocycles. The topological polar surface area (TPSA) is 65.4 Å². The van der Waals surface area contributed by atoms with E-state index in [1.165, 1.54) is 17.7 Å². The molecule has 0 saturated carbocycles. The largest absolute Gasteiger partial charge is 0.496 e. The molecule has 114 valence electrons. The first-order valence-electron chi connectivity index (χ1n) is 6.26. The molecule has 2 aromatic heterocycles. The Morgan fingerprint density at radius 3 is 2.64 bits per heavy atom. The number of nitrogens with zero attached hydrogens (tertiary/aromatic N) is 3. The predicted octanol–water partition coefficient (Wildman–Crippen LogP) is 3.01. The summed E-state index contributed by atoms with van der Waals surface area (Å²) in [6.07, 6.45) is -2.83. The molecule has 0 saturated heterocycles. The first kappa shape index (κ1) is 14.2. The van der Waals surface area contributed by atoms with Gasteiger partial charge in [-0.3, -0.25) is 0 Å². The van der Waals surface area contributed by atoms with Crippen LogP contribution >= 0.6 is 0 Å². The molecule has 0 bridgehead atoms. The Morgan fingerprint density at radius 2 is 1.95 bits per heavy atom. The number of aromatic nitrogens is 3. The zero-order valence-electron chi connectivity index (χ0n) is 11.4. The maximum absolute atomic E-state index is 12.9. The molecular formula is C14H11F3N4O. The van der Waals surface area contributed by atoms with E-state index in [0.717, 1.165) is 12.1 Å². The van der Waals surface area contributed by atoms with Crippen LogP contribution in [-0.4, -0.2) is 21.7 Å². The summed E-state index contributed by atoms with van der Waals surface area (Å²) in [5.41, 5.74) is 5.87. The van der Waals surface area contributed by atoms with Crippen molar-refractivity contribution < 1.29 is 17.9 Å². The van der Waals surface area contributed by atoms with Crippen LogP contribution in [0.25, 0.3) is 16.8 Å². The van der Waals surface area contributed by atoms with Gasteiger partial charge in [0.2, 0.25) is 5.95 Å². The van der Waals surface area contributed by atoms with Crippen molar-refractivity contribution in [2.24, 2.45) is 0 Å². The lowest BCUT2D eigenvalue weighted by Crippen LogP contribution is -2.05. The molecule has 0 radical (unpaired) electrons. The second kappa shape index (κ2) is 4.90. The standard InChI is InChI=1S/C14H11F3N4O/c1-22-11-5-4-8(14(15,16)17)7-10(11)9-3-2-6-21-12(9)19-13(18)20-21/h2-7H,1H3,(H2,18,20). The van der Waals surface area contributed by atoms with Crippen molar-refractivity contribution >= 4 is 11.6 Å². The van der Waals surface area contributed by atoms with E-state index in [1.54, 1.807) is 18.3 Å². The van der Waals surface area contributed by atoms with Crippen LogP contribution in [0.2, 0.25) is 0 Å². The Balaban J connectivity index is 2.29. The molecule has 8 heteroatoms. The highest BCUT2D eigenvalue weighted by atomic mass is 19.4. The van der Waals surface area contributed by atoms with Gasteiger partial charge in [-0.2, -0.15) is 18.2 Å². The normalized spacial score (nSPS) is 11.8. The third-order valence-corrected chi connectivity index (χ3v) is 3.20. The summed E-state index contributed by atoms with van der Waals surface area (Å²) >= 11 is 0. The monoisotopic (exact) mass is 308 g/mol. The fourth-order valence-electron chi connectivity index (χ4n) is 2.23. The number of anilines is 1. The predicted molar refractivity (Wildman–Crippen MR) is 74.4 cm³/mol. The Kier molecular flexibility index (Phi) is 3.16. The minimum Gasteiger partial charge on any atom is -0.496 e. The number of pyridine rings is 1. The average Bonchev–Trinajstić information content (AvgIpc) is 2.85. The molecule has 0 spiro atoms. The minimum atomic E-state index is -4.45. The summed E-state index contributed by atoms with van der Waals surface area (Å²) in [7, 11) is 1.39. The Labute approximate surface area is 123 Å². The molecule has 5 nitrogen and oxygen atoms in total. The van der Waals surface area contributed by atoms with Crippen molar-refractivity contribution in [2.75, 3.05) is 12.8 Å². The average molecular weight is 308 g/mol. The van der Waals surface area contributed by atoms with Crippen LogP contribution in [0.5, 0.6) is 5.75 Å². The fourth-order valence-corrected chi connectivity index (χ4v) is 2.23. The van der Waals surface area contributed by atoms with Crippen LogP contribution in [0.1, 0.15) is 5.56 Å². The highest BCUT2D eigenvalue weighted by Crippen LogP contribution is 2.38. The number of ether oxygens (including phenoxy) is 1. The lowest BCUT2D eigenvalue weighted by atomic mass is 10.0. The van der Waals surface area contributed by atoms with Gasteiger partial charge in [0.15, 0.2) is 5.65 Å². The Hall–Kier alpha value is -2.77. The van der Waals surface area contributed by atoms with E-state index in [9.17, 15) is 13.2 Å². The van der Waals surface area contributed by atoms with Crippen molar-refractivity contribution in [2.45, 2.75) is 6.18 Å². The van der Waals surface area contributed by atoms with E-state index in [2.05, 4.69) is 10.1 Å². The number of nitrogens with two attached hydrogens (primary N) is 1. The van der Waals surface area contributed by atoms with Gasteiger partial charge in [-0.1, -0.05) is 0 Å². The molecular weight excluding hydrogens is 297 g/mol. The third kappa shape index (κ3) is 2.32. The number of alkyl halides is 3. The maximum atomic E-state index is 12.9. The first-order valence-corrected chi connectivity index (χ1v) is 6.26. The number of methoxy groups -OCH3 is 1. The van der Waals surface area contributed by atoms with Gasteiger partial charge in [0.1, 0.15) is 5.75 Å². The van der Waals surface area contributed by atoms with Gasteiger partial charge in [-0.15, -0.1) is 5.10 Å². The molecule has 22 heavy (non-hydrogen) atoms. The van der Waals surface area contributed by atoms with E-state index in [-0.39, 0.29) is 11.5 Å². The zero-order valence-corrected chi connectivity index (χ0v) is 11.4. The Bertz CT molecular complexity index is 842. The van der Waals surface area contributed by atoms with Gasteiger partial charge in [-0.05, 0) is 30.3 Å². The van der Waals surface area contributed by atoms with Gasteiger partial charge in [0.05, 0.1) is 12.7 Å². The van der Waals surface area contributed by atoms with Crippen molar-refractivity contribution in [3.8, 4) is 16.9 Å². The highest BCUT2D eigenvalue weighted by Gasteiger charge is 2.31. The van der Waals surface area contributed by atoms with Gasteiger partial charge >= 0.3 is 6.18 Å². The van der Waals surface area contributed by atoms with E-state index in [1.807, 2.05) is 0 Å². The second-order valence-corrected chi connectivity index (χ2v) is 4.57. The van der Waals surface area contributed by atoms with E-state index in [4.69, 9.17) is 10.5 Å². The SMILES string of the molecule is COc1ccc(C(F)(F)F)cc1-c1cccn2nc(N)nc12. The van der Waals surface area contributed by atoms with Crippen LogP contribution in [0.15, 0.2) is 36.5 Å². The van der Waals surface area contributed by atoms with Crippen LogP contribution in [0.4, 0.5) is 19.1 Å². The maximum Gasteiger partial charge on any atom is 0.416 e. The summed E-state index contributed by atoms with van der Waals surface area (Å²) in [4.78, 5) is 4.05. The van der Waals surface area contributed by atoms with Gasteiger partial charge in [-0.25, -0.2) is 4.52 Å². The number of rotatable bonds is 2. The van der Waals surface area contributed by atoms with Gasteiger partial charge < -0.3 is 10.5 Å². The fraction of sp³-hybridized carbons (Fsp3) is 0.143. The molecule has 0 aliphatic heterocycles. The van der Waals surface area contributed by atoms with Gasteiger partial charge in [0, 0.05) is 17.3 Å². The Morgan fingerprint density at radius 1 is 1.18 bits per heavy atom. The number of nitrogen functional groups attached to an aromatic ring is 1. The van der Waals surface area contributed by atoms with Crippen LogP contribution < -0.4 is 10.5 Å². The first-order chi connectivity index (χ1) is 10.4. The number of benzene rings is 1. The van der Waals surface area contributed by atoms with Crippen LogP contribution in [-0.2, 0) is 6.18 Å². The molecule has 0 atom stereocenters. The molecule has 1 aromatic carbocycles. The summed E-state index contributed by atoms with van der Waals surface area (Å²) in [5, 5.41) is 3.95. The molecule has 0 unspecified atom stereocenters. The van der Waals surface area contributed by atoms with Crippen molar-refractivity contribution in [3.63, 3.8) is 0 Å². The number of hydrogen-bond donors (Lipinski definition) is 1. The summed E-state index contributed by atoms with van der Waals surface area (Å²) in [5.74, 6) is 0.348. The second-order valence-electron chi connectivity index (χ2n) is 4.57. The van der Waals surface area contributed by atoms with E-state index in [0.29, 0.717) is 17.0 Å². The molecule has 0 aliphatic rings. The van der Waals surface area contributed by atoms with E-state index < -0.39 is 11.7 Å². The van der Waals surface area contributed by atoms with Crippen molar-refractivity contribution in [1.82, 2.24) is 14.6 Å². The lowest BCUT2D eigenvalue weighted by molar-refractivity contribution is -0.137. The quantitative estimate of drug-likeness (QED) is 0.790. The third-order valence-electron chi connectivity index (χ3n) is 3.20. The minimum absolute atomic E-state index is 0.0402. The summed E-state index contributed by atoms with van der Waals surface area (Å²) < 4.78 is 45.4. The van der Waals surface area contributed by atoms with Gasteiger partial charge in [0.25, 0.3) is 0 Å². The van der Waals surface area contributed by atoms with Crippen molar-refractivity contribution in [1.29, 1.82) is 0 Å². The summed E-state index contributed by atoms with van der Waals surface area (Å²) in [6, 6.07) is 6.57. The van der Waals surface area contributed by atoms with Crippen LogP contribution in [0, 0.1) is 0 Å². The number of fused-ring (bicyclic) bond motifs is 1. The number of halogens is 3. The molecule has 2 N–H and O–H groups in total. The summed E-state index contributed by atoms with van der Waals surface area (Å²) in [6.45, 7) is 0. The molecule has 2 heterocycles. The molecule has 3 aromatic rings. The van der Waals surface area contributed by atoms with Crippen molar-refractivity contribution in [3.05, 3.63) is 42.1 Å². The smallest absolute Gasteiger partial charge is 0.416 e. The molecule has 3 rings (SSSR count). The molecule has 0 amide bonds. The lowest BCUT2D eigenvalue weighted by Gasteiger charge is -2.13. The van der Waals surface area contributed by atoms with E-state index >= 15 is 0 Å². The zero-order chi connectivity index (χ0) is 15.9. The highest BCUT2D eigenvalue weighted by molar-refractivity contribution is 5.82. The van der Waals surface area contributed by atoms with Crippen LogP contribution in [0.3, 0.4) is 0 Å². The molecule has 0 fully saturated rings.